The molecule has 25 heavy (non-hydrogen) atoms. The Morgan fingerprint density at radius 1 is 1.16 bits per heavy atom. The average Bonchev–Trinajstić information content (AvgIpc) is 2.81. The van der Waals surface area contributed by atoms with E-state index >= 15 is 0 Å². The van der Waals surface area contributed by atoms with Crippen LogP contribution in [0.5, 0.6) is 0 Å². The summed E-state index contributed by atoms with van der Waals surface area (Å²) in [6, 6.07) is 18.6. The van der Waals surface area contributed by atoms with Gasteiger partial charge in [-0.3, -0.25) is 4.79 Å². The van der Waals surface area contributed by atoms with E-state index in [9.17, 15) is 4.79 Å². The molecule has 1 aliphatic rings. The van der Waals surface area contributed by atoms with Crippen molar-refractivity contribution in [3.8, 4) is 0 Å². The molecule has 5 heteroatoms. The molecule has 0 unspecified atom stereocenters. The van der Waals surface area contributed by atoms with Crippen LogP contribution in [0.25, 0.3) is 5.70 Å². The number of hydrogen-bond acceptors (Lipinski definition) is 5. The molecule has 0 bridgehead atoms. The van der Waals surface area contributed by atoms with E-state index in [2.05, 4.69) is 40.5 Å². The summed E-state index contributed by atoms with van der Waals surface area (Å²) >= 11 is 0. The zero-order valence-electron chi connectivity index (χ0n) is 14.4. The van der Waals surface area contributed by atoms with Gasteiger partial charge in [0.05, 0.1) is 11.4 Å². The van der Waals surface area contributed by atoms with Crippen LogP contribution in [0.2, 0.25) is 0 Å². The number of ether oxygens (including phenoxy) is 1. The highest BCUT2D eigenvalue weighted by Crippen LogP contribution is 2.30. The summed E-state index contributed by atoms with van der Waals surface area (Å²) in [5, 5.41) is 3.40. The van der Waals surface area contributed by atoms with Crippen LogP contribution >= 0.6 is 0 Å². The van der Waals surface area contributed by atoms with Crippen molar-refractivity contribution in [2.24, 2.45) is 5.73 Å². The summed E-state index contributed by atoms with van der Waals surface area (Å²) in [6.07, 6.45) is 0. The lowest BCUT2D eigenvalue weighted by Crippen LogP contribution is -2.28. The maximum absolute atomic E-state index is 11.1. The van der Waals surface area contributed by atoms with Crippen molar-refractivity contribution in [3.63, 3.8) is 0 Å². The van der Waals surface area contributed by atoms with Gasteiger partial charge in [0.25, 0.3) is 0 Å². The van der Waals surface area contributed by atoms with E-state index < -0.39 is 0 Å². The first-order valence-electron chi connectivity index (χ1n) is 8.39. The maximum atomic E-state index is 11.1. The van der Waals surface area contributed by atoms with E-state index in [0.29, 0.717) is 5.70 Å². The average molecular weight is 337 g/mol. The number of nitrogens with one attached hydrogen (secondary N) is 1. The fourth-order valence-corrected chi connectivity index (χ4v) is 3.00. The largest absolute Gasteiger partial charge is 0.459 e. The Hall–Kier alpha value is -2.95. The van der Waals surface area contributed by atoms with E-state index in [1.165, 1.54) is 12.5 Å². The molecular formula is C20H23N3O2. The van der Waals surface area contributed by atoms with Gasteiger partial charge >= 0.3 is 5.97 Å². The molecule has 0 atom stereocenters. The number of benzene rings is 2. The van der Waals surface area contributed by atoms with E-state index in [4.69, 9.17) is 10.5 Å². The van der Waals surface area contributed by atoms with Crippen LogP contribution < -0.4 is 16.0 Å². The number of esters is 1. The highest BCUT2D eigenvalue weighted by atomic mass is 16.5. The Balaban J connectivity index is 1.92. The lowest BCUT2D eigenvalue weighted by molar-refractivity contribution is -0.139. The lowest BCUT2D eigenvalue weighted by Gasteiger charge is -2.24. The van der Waals surface area contributed by atoms with Gasteiger partial charge in [0.15, 0.2) is 0 Å². The van der Waals surface area contributed by atoms with Crippen LogP contribution in [0, 0.1) is 0 Å². The molecule has 130 valence electrons. The molecule has 0 amide bonds. The van der Waals surface area contributed by atoms with Crippen LogP contribution in [0.3, 0.4) is 0 Å². The number of carbonyl (C=O) groups excluding carboxylic acids is 1. The topological polar surface area (TPSA) is 67.6 Å². The van der Waals surface area contributed by atoms with Crippen molar-refractivity contribution >= 4 is 17.4 Å². The minimum Gasteiger partial charge on any atom is -0.459 e. The van der Waals surface area contributed by atoms with E-state index in [1.807, 2.05) is 24.3 Å². The first kappa shape index (κ1) is 16.9. The molecule has 1 aliphatic heterocycles. The summed E-state index contributed by atoms with van der Waals surface area (Å²) < 4.78 is 5.06. The Kier molecular flexibility index (Phi) is 5.23. The van der Waals surface area contributed by atoms with Crippen molar-refractivity contribution in [2.45, 2.75) is 13.5 Å². The van der Waals surface area contributed by atoms with Crippen LogP contribution in [0.1, 0.15) is 18.1 Å². The van der Waals surface area contributed by atoms with Gasteiger partial charge in [0, 0.05) is 37.8 Å². The Labute approximate surface area is 148 Å². The predicted molar refractivity (Wildman–Crippen MR) is 99.7 cm³/mol. The summed E-state index contributed by atoms with van der Waals surface area (Å²) in [5.41, 5.74) is 11.0. The standard InChI is InChI=1S/C20H23N3O2/c1-15(24)25-14-18(21)20-17-9-5-6-10-19(17)23(12-11-22-20)13-16-7-3-2-4-8-16/h2-10,22H,11-14,21H2,1H3/b20-18-. The summed E-state index contributed by atoms with van der Waals surface area (Å²) in [4.78, 5) is 13.4. The van der Waals surface area contributed by atoms with Gasteiger partial charge < -0.3 is 20.7 Å². The molecule has 0 saturated carbocycles. The third-order valence-electron chi connectivity index (χ3n) is 4.17. The van der Waals surface area contributed by atoms with Gasteiger partial charge in [-0.25, -0.2) is 0 Å². The fourth-order valence-electron chi connectivity index (χ4n) is 3.00. The molecule has 5 nitrogen and oxygen atoms in total. The Morgan fingerprint density at radius 2 is 1.88 bits per heavy atom. The molecule has 3 N–H and O–H groups in total. The molecular weight excluding hydrogens is 314 g/mol. The van der Waals surface area contributed by atoms with E-state index in [0.717, 1.165) is 36.6 Å². The first-order chi connectivity index (χ1) is 12.1. The fraction of sp³-hybridized carbons (Fsp3) is 0.250. The van der Waals surface area contributed by atoms with Gasteiger partial charge in [0.2, 0.25) is 0 Å². The van der Waals surface area contributed by atoms with Crippen molar-refractivity contribution in [2.75, 3.05) is 24.6 Å². The second-order valence-corrected chi connectivity index (χ2v) is 6.03. The monoisotopic (exact) mass is 337 g/mol. The molecule has 2 aromatic carbocycles. The Morgan fingerprint density at radius 3 is 2.64 bits per heavy atom. The SMILES string of the molecule is CC(=O)OC/C(N)=C1/NCCN(Cc2ccccc2)c2ccccc21. The quantitative estimate of drug-likeness (QED) is 0.839. The van der Waals surface area contributed by atoms with Crippen LogP contribution in [0.15, 0.2) is 60.3 Å². The summed E-state index contributed by atoms with van der Waals surface area (Å²) in [5.74, 6) is -0.337. The number of anilines is 1. The van der Waals surface area contributed by atoms with Crippen LogP contribution in [-0.2, 0) is 16.1 Å². The number of carbonyl (C=O) groups is 1. The minimum absolute atomic E-state index is 0.0880. The van der Waals surface area contributed by atoms with Crippen LogP contribution in [0.4, 0.5) is 5.69 Å². The third-order valence-corrected chi connectivity index (χ3v) is 4.17. The molecule has 2 aromatic rings. The zero-order valence-corrected chi connectivity index (χ0v) is 14.4. The molecule has 0 aliphatic carbocycles. The smallest absolute Gasteiger partial charge is 0.303 e. The highest BCUT2D eigenvalue weighted by Gasteiger charge is 2.20. The van der Waals surface area contributed by atoms with Gasteiger partial charge in [-0.1, -0.05) is 48.5 Å². The van der Waals surface area contributed by atoms with Crippen molar-refractivity contribution < 1.29 is 9.53 Å². The van der Waals surface area contributed by atoms with Crippen molar-refractivity contribution in [1.29, 1.82) is 0 Å². The molecule has 0 spiro atoms. The lowest BCUT2D eigenvalue weighted by atomic mass is 10.1. The summed E-state index contributed by atoms with van der Waals surface area (Å²) in [6.45, 7) is 3.92. The summed E-state index contributed by atoms with van der Waals surface area (Å²) in [7, 11) is 0. The van der Waals surface area contributed by atoms with Gasteiger partial charge in [-0.15, -0.1) is 0 Å². The number of nitrogens with zero attached hydrogens (tertiary/aromatic N) is 1. The van der Waals surface area contributed by atoms with Crippen LogP contribution in [-0.4, -0.2) is 25.7 Å². The zero-order chi connectivity index (χ0) is 17.6. The predicted octanol–water partition coefficient (Wildman–Crippen LogP) is 2.49. The highest BCUT2D eigenvalue weighted by molar-refractivity contribution is 5.79. The number of fused-ring (bicyclic) bond motifs is 1. The second-order valence-electron chi connectivity index (χ2n) is 6.03. The van der Waals surface area contributed by atoms with Crippen molar-refractivity contribution in [3.05, 3.63) is 71.4 Å². The normalized spacial score (nSPS) is 15.6. The number of hydrogen-bond donors (Lipinski definition) is 2. The number of nitrogens with two attached hydrogens (primary N) is 1. The first-order valence-corrected chi connectivity index (χ1v) is 8.39. The second kappa shape index (κ2) is 7.75. The third kappa shape index (κ3) is 4.12. The van der Waals surface area contributed by atoms with Crippen molar-refractivity contribution in [1.82, 2.24) is 5.32 Å². The molecule has 1 heterocycles. The maximum Gasteiger partial charge on any atom is 0.303 e. The number of para-hydroxylation sites is 1. The van der Waals surface area contributed by atoms with Gasteiger partial charge in [-0.05, 0) is 11.6 Å². The minimum atomic E-state index is -0.337. The Bertz CT molecular complexity index is 772. The van der Waals surface area contributed by atoms with E-state index in [-0.39, 0.29) is 12.6 Å². The molecule has 3 rings (SSSR count). The molecule has 0 radical (unpaired) electrons. The van der Waals surface area contributed by atoms with E-state index in [1.54, 1.807) is 0 Å². The molecule has 0 saturated heterocycles. The number of rotatable bonds is 4. The molecule has 0 aromatic heterocycles. The van der Waals surface area contributed by atoms with Gasteiger partial charge in [-0.2, -0.15) is 0 Å². The van der Waals surface area contributed by atoms with Gasteiger partial charge in [0.1, 0.15) is 6.61 Å². The molecule has 0 fully saturated rings.